The lowest BCUT2D eigenvalue weighted by molar-refractivity contribution is -0.122. The fourth-order valence-corrected chi connectivity index (χ4v) is 2.85. The van der Waals surface area contributed by atoms with Crippen molar-refractivity contribution in [2.45, 2.75) is 45.1 Å². The van der Waals surface area contributed by atoms with Crippen molar-refractivity contribution < 1.29 is 13.6 Å². The van der Waals surface area contributed by atoms with Crippen molar-refractivity contribution >= 4 is 5.91 Å². The van der Waals surface area contributed by atoms with E-state index in [0.717, 1.165) is 31.0 Å². The van der Waals surface area contributed by atoms with Crippen molar-refractivity contribution in [3.8, 4) is 0 Å². The maximum Gasteiger partial charge on any atom is 0.220 e. The molecular formula is C17H24F2N2O. The second kappa shape index (κ2) is 7.68. The zero-order valence-electron chi connectivity index (χ0n) is 13.2. The van der Waals surface area contributed by atoms with E-state index < -0.39 is 11.6 Å². The second-order valence-corrected chi connectivity index (χ2v) is 6.38. The fraction of sp³-hybridized carbons (Fsp3) is 0.588. The van der Waals surface area contributed by atoms with E-state index in [1.807, 2.05) is 0 Å². The quantitative estimate of drug-likeness (QED) is 0.878. The molecular weight excluding hydrogens is 286 g/mol. The van der Waals surface area contributed by atoms with Gasteiger partial charge in [0, 0.05) is 24.9 Å². The van der Waals surface area contributed by atoms with Crippen LogP contribution in [0, 0.1) is 17.6 Å². The summed E-state index contributed by atoms with van der Waals surface area (Å²) in [6.45, 7) is 5.62. The molecule has 1 aromatic carbocycles. The number of carbonyl (C=O) groups excluding carboxylic acids is 1. The molecule has 1 amide bonds. The number of nitrogens with one attached hydrogen (secondary N) is 2. The Balaban J connectivity index is 2.04. The molecule has 1 saturated heterocycles. The first kappa shape index (κ1) is 16.9. The first-order valence-electron chi connectivity index (χ1n) is 7.92. The van der Waals surface area contributed by atoms with Crippen LogP contribution in [0.1, 0.15) is 44.6 Å². The lowest BCUT2D eigenvalue weighted by Gasteiger charge is -2.33. The van der Waals surface area contributed by atoms with Crippen LogP contribution in [0.15, 0.2) is 18.2 Å². The normalized spacial score (nSPS) is 21.9. The van der Waals surface area contributed by atoms with Crippen LogP contribution in [-0.2, 0) is 4.79 Å². The zero-order valence-corrected chi connectivity index (χ0v) is 13.2. The van der Waals surface area contributed by atoms with Gasteiger partial charge in [-0.3, -0.25) is 4.79 Å². The van der Waals surface area contributed by atoms with Crippen molar-refractivity contribution in [2.75, 3.05) is 13.1 Å². The van der Waals surface area contributed by atoms with Crippen molar-refractivity contribution in [3.63, 3.8) is 0 Å². The first-order valence-corrected chi connectivity index (χ1v) is 7.92. The number of rotatable bonds is 5. The third-order valence-corrected chi connectivity index (χ3v) is 4.15. The van der Waals surface area contributed by atoms with Crippen LogP contribution in [-0.4, -0.2) is 25.0 Å². The van der Waals surface area contributed by atoms with E-state index in [4.69, 9.17) is 0 Å². The Bertz CT molecular complexity index is 519. The summed E-state index contributed by atoms with van der Waals surface area (Å²) in [4.78, 5) is 12.0. The molecule has 2 N–H and O–H groups in total. The molecule has 0 saturated carbocycles. The Morgan fingerprint density at radius 2 is 2.14 bits per heavy atom. The number of halogens is 2. The third kappa shape index (κ3) is 4.50. The van der Waals surface area contributed by atoms with E-state index in [1.54, 1.807) is 6.07 Å². The summed E-state index contributed by atoms with van der Waals surface area (Å²) >= 11 is 0. The molecule has 1 aliphatic rings. The predicted molar refractivity (Wildman–Crippen MR) is 82.6 cm³/mol. The van der Waals surface area contributed by atoms with Gasteiger partial charge in [0.25, 0.3) is 0 Å². The summed E-state index contributed by atoms with van der Waals surface area (Å²) < 4.78 is 26.5. The molecule has 2 unspecified atom stereocenters. The minimum Gasteiger partial charge on any atom is -0.351 e. The van der Waals surface area contributed by atoms with Crippen molar-refractivity contribution in [1.82, 2.24) is 10.6 Å². The summed E-state index contributed by atoms with van der Waals surface area (Å²) in [5.41, 5.74) is 0.745. The molecule has 1 fully saturated rings. The molecule has 22 heavy (non-hydrogen) atoms. The van der Waals surface area contributed by atoms with E-state index in [0.29, 0.717) is 18.9 Å². The number of hydrogen-bond donors (Lipinski definition) is 2. The monoisotopic (exact) mass is 310 g/mol. The fourth-order valence-electron chi connectivity index (χ4n) is 2.85. The highest BCUT2D eigenvalue weighted by Crippen LogP contribution is 2.27. The minimum absolute atomic E-state index is 0.0133. The summed E-state index contributed by atoms with van der Waals surface area (Å²) in [7, 11) is 0. The van der Waals surface area contributed by atoms with Crippen LogP contribution in [0.3, 0.4) is 0 Å². The highest BCUT2D eigenvalue weighted by molar-refractivity contribution is 5.76. The largest absolute Gasteiger partial charge is 0.351 e. The van der Waals surface area contributed by atoms with Gasteiger partial charge in [-0.15, -0.1) is 0 Å². The molecule has 1 aromatic rings. The lowest BCUT2D eigenvalue weighted by atomic mass is 9.86. The Morgan fingerprint density at radius 1 is 1.36 bits per heavy atom. The van der Waals surface area contributed by atoms with E-state index >= 15 is 0 Å². The van der Waals surface area contributed by atoms with Crippen LogP contribution in [0.5, 0.6) is 0 Å². The van der Waals surface area contributed by atoms with E-state index in [9.17, 15) is 13.6 Å². The Kier molecular flexibility index (Phi) is 5.89. The Morgan fingerprint density at radius 3 is 2.82 bits per heavy atom. The number of amides is 1. The molecule has 0 spiro atoms. The third-order valence-electron chi connectivity index (χ3n) is 4.15. The van der Waals surface area contributed by atoms with Gasteiger partial charge in [-0.1, -0.05) is 19.9 Å². The number of piperidine rings is 1. The maximum atomic E-state index is 13.5. The predicted octanol–water partition coefficient (Wildman–Crippen LogP) is 2.96. The molecule has 1 heterocycles. The molecule has 0 aromatic heterocycles. The van der Waals surface area contributed by atoms with Gasteiger partial charge in [0.1, 0.15) is 0 Å². The molecule has 2 rings (SSSR count). The summed E-state index contributed by atoms with van der Waals surface area (Å²) in [6, 6.07) is 3.93. The minimum atomic E-state index is -0.838. The van der Waals surface area contributed by atoms with Gasteiger partial charge in [0.05, 0.1) is 0 Å². The van der Waals surface area contributed by atoms with Gasteiger partial charge in [0.15, 0.2) is 11.6 Å². The highest BCUT2D eigenvalue weighted by atomic mass is 19.2. The molecule has 0 bridgehead atoms. The van der Waals surface area contributed by atoms with Gasteiger partial charge in [-0.25, -0.2) is 8.78 Å². The first-order chi connectivity index (χ1) is 10.5. The van der Waals surface area contributed by atoms with E-state index in [1.165, 1.54) is 6.07 Å². The Labute approximate surface area is 130 Å². The van der Waals surface area contributed by atoms with Crippen molar-refractivity contribution in [1.29, 1.82) is 0 Å². The van der Waals surface area contributed by atoms with E-state index in [-0.39, 0.29) is 17.9 Å². The average molecular weight is 310 g/mol. The molecule has 3 nitrogen and oxygen atoms in total. The van der Waals surface area contributed by atoms with Crippen molar-refractivity contribution in [2.24, 2.45) is 5.92 Å². The molecule has 1 aliphatic heterocycles. The van der Waals surface area contributed by atoms with E-state index in [2.05, 4.69) is 24.5 Å². The zero-order chi connectivity index (χ0) is 16.1. The van der Waals surface area contributed by atoms with Crippen LogP contribution in [0.4, 0.5) is 8.78 Å². The number of benzene rings is 1. The molecule has 0 radical (unpaired) electrons. The SMILES string of the molecule is CC(C)CCC(=O)NC1CNCCC1c1ccc(F)c(F)c1. The van der Waals surface area contributed by atoms with Crippen LogP contribution in [0.25, 0.3) is 0 Å². The lowest BCUT2D eigenvalue weighted by Crippen LogP contribution is -2.50. The number of hydrogen-bond acceptors (Lipinski definition) is 2. The standard InChI is InChI=1S/C17H24F2N2O/c1-11(2)3-6-17(22)21-16-10-20-8-7-13(16)12-4-5-14(18)15(19)9-12/h4-5,9,11,13,16,20H,3,6-8,10H2,1-2H3,(H,21,22). The van der Waals surface area contributed by atoms with Gasteiger partial charge in [-0.05, 0) is 43.0 Å². The Hall–Kier alpha value is -1.49. The second-order valence-electron chi connectivity index (χ2n) is 6.38. The van der Waals surface area contributed by atoms with Crippen molar-refractivity contribution in [3.05, 3.63) is 35.4 Å². The molecule has 0 aliphatic carbocycles. The summed E-state index contributed by atoms with van der Waals surface area (Å²) in [6.07, 6.45) is 2.14. The maximum absolute atomic E-state index is 13.5. The van der Waals surface area contributed by atoms with Gasteiger partial charge < -0.3 is 10.6 Å². The van der Waals surface area contributed by atoms with Crippen LogP contribution in [0.2, 0.25) is 0 Å². The number of carbonyl (C=O) groups is 1. The topological polar surface area (TPSA) is 41.1 Å². The van der Waals surface area contributed by atoms with Gasteiger partial charge >= 0.3 is 0 Å². The summed E-state index contributed by atoms with van der Waals surface area (Å²) in [5.74, 6) is -1.15. The molecule has 5 heteroatoms. The average Bonchev–Trinajstić information content (AvgIpc) is 2.49. The summed E-state index contributed by atoms with van der Waals surface area (Å²) in [5, 5.41) is 6.29. The highest BCUT2D eigenvalue weighted by Gasteiger charge is 2.28. The smallest absolute Gasteiger partial charge is 0.220 e. The molecule has 122 valence electrons. The van der Waals surface area contributed by atoms with Crippen LogP contribution < -0.4 is 10.6 Å². The molecule has 2 atom stereocenters. The van der Waals surface area contributed by atoms with Gasteiger partial charge in [-0.2, -0.15) is 0 Å². The van der Waals surface area contributed by atoms with Crippen LogP contribution >= 0.6 is 0 Å². The van der Waals surface area contributed by atoms with Gasteiger partial charge in [0.2, 0.25) is 5.91 Å².